The topological polar surface area (TPSA) is 42.0 Å². The molecular formula is C22H24N2O. The number of benzene rings is 2. The molecule has 3 heteroatoms. The van der Waals surface area contributed by atoms with E-state index in [2.05, 4.69) is 24.4 Å². The summed E-state index contributed by atoms with van der Waals surface area (Å²) in [5.74, 6) is -0.0384. The van der Waals surface area contributed by atoms with Crippen LogP contribution in [-0.2, 0) is 6.42 Å². The molecule has 0 saturated heterocycles. The molecule has 0 fully saturated rings. The van der Waals surface area contributed by atoms with Crippen molar-refractivity contribution >= 4 is 16.8 Å². The molecule has 1 N–H and O–H groups in total. The number of hydrogen-bond acceptors (Lipinski definition) is 2. The molecule has 1 amide bonds. The van der Waals surface area contributed by atoms with Gasteiger partial charge >= 0.3 is 0 Å². The number of carbonyl (C=O) groups excluding carboxylic acids is 1. The Hall–Kier alpha value is -2.68. The van der Waals surface area contributed by atoms with Crippen LogP contribution in [0.4, 0.5) is 0 Å². The van der Waals surface area contributed by atoms with E-state index in [0.717, 1.165) is 46.1 Å². The highest BCUT2D eigenvalue weighted by Gasteiger charge is 2.16. The average molecular weight is 332 g/mol. The van der Waals surface area contributed by atoms with Crippen molar-refractivity contribution in [2.24, 2.45) is 0 Å². The Bertz CT molecular complexity index is 901. The first-order valence-electron chi connectivity index (χ1n) is 8.85. The molecule has 0 aliphatic heterocycles. The van der Waals surface area contributed by atoms with Gasteiger partial charge in [0.15, 0.2) is 0 Å². The van der Waals surface area contributed by atoms with E-state index < -0.39 is 0 Å². The quantitative estimate of drug-likeness (QED) is 0.715. The molecule has 0 unspecified atom stereocenters. The summed E-state index contributed by atoms with van der Waals surface area (Å²) in [5, 5.41) is 4.25. The second kappa shape index (κ2) is 7.47. The number of carbonyl (C=O) groups is 1. The molecule has 1 heterocycles. The first-order chi connectivity index (χ1) is 12.1. The van der Waals surface area contributed by atoms with Gasteiger partial charge in [-0.1, -0.05) is 49.7 Å². The molecular weight excluding hydrogens is 308 g/mol. The molecule has 0 spiro atoms. The van der Waals surface area contributed by atoms with Gasteiger partial charge in [0, 0.05) is 16.6 Å². The SMILES string of the molecule is CCCc1cc([C@@H](C)NC(=O)c2ccccc2C)c2ccccc2n1. The molecule has 3 nitrogen and oxygen atoms in total. The molecule has 25 heavy (non-hydrogen) atoms. The first kappa shape index (κ1) is 17.2. The summed E-state index contributed by atoms with van der Waals surface area (Å²) in [6, 6.07) is 17.8. The number of nitrogens with zero attached hydrogens (tertiary/aromatic N) is 1. The van der Waals surface area contributed by atoms with Crippen molar-refractivity contribution in [1.29, 1.82) is 0 Å². The summed E-state index contributed by atoms with van der Waals surface area (Å²) < 4.78 is 0. The van der Waals surface area contributed by atoms with E-state index in [1.807, 2.05) is 56.3 Å². The van der Waals surface area contributed by atoms with Gasteiger partial charge < -0.3 is 5.32 Å². The molecule has 128 valence electrons. The van der Waals surface area contributed by atoms with Crippen LogP contribution >= 0.6 is 0 Å². The highest BCUT2D eigenvalue weighted by Crippen LogP contribution is 2.25. The maximum absolute atomic E-state index is 12.7. The van der Waals surface area contributed by atoms with Gasteiger partial charge in [-0.05, 0) is 49.6 Å². The van der Waals surface area contributed by atoms with E-state index in [1.54, 1.807) is 0 Å². The minimum Gasteiger partial charge on any atom is -0.345 e. The maximum atomic E-state index is 12.7. The molecule has 0 radical (unpaired) electrons. The largest absolute Gasteiger partial charge is 0.345 e. The number of para-hydroxylation sites is 1. The standard InChI is InChI=1S/C22H24N2O/c1-4-9-17-14-20(19-12-7-8-13-21(19)24-17)16(3)23-22(25)18-11-6-5-10-15(18)2/h5-8,10-14,16H,4,9H2,1-3H3,(H,23,25)/t16-/m1/s1. The van der Waals surface area contributed by atoms with Crippen molar-refractivity contribution in [3.8, 4) is 0 Å². The Kier molecular flexibility index (Phi) is 5.13. The number of pyridine rings is 1. The van der Waals surface area contributed by atoms with E-state index in [4.69, 9.17) is 4.98 Å². The van der Waals surface area contributed by atoms with Gasteiger partial charge in [0.1, 0.15) is 0 Å². The smallest absolute Gasteiger partial charge is 0.252 e. The number of hydrogen-bond donors (Lipinski definition) is 1. The Balaban J connectivity index is 1.95. The fourth-order valence-corrected chi connectivity index (χ4v) is 3.18. The molecule has 0 bridgehead atoms. The highest BCUT2D eigenvalue weighted by molar-refractivity contribution is 5.96. The summed E-state index contributed by atoms with van der Waals surface area (Å²) in [5.41, 5.74) is 4.89. The fraction of sp³-hybridized carbons (Fsp3) is 0.273. The van der Waals surface area contributed by atoms with Crippen LogP contribution in [0.5, 0.6) is 0 Å². The van der Waals surface area contributed by atoms with Crippen molar-refractivity contribution < 1.29 is 4.79 Å². The Morgan fingerprint density at radius 2 is 1.84 bits per heavy atom. The molecule has 3 rings (SSSR count). The van der Waals surface area contributed by atoms with Crippen LogP contribution in [0.3, 0.4) is 0 Å². The summed E-state index contributed by atoms with van der Waals surface area (Å²) >= 11 is 0. The number of aromatic nitrogens is 1. The lowest BCUT2D eigenvalue weighted by Crippen LogP contribution is -2.27. The number of aryl methyl sites for hydroxylation is 2. The van der Waals surface area contributed by atoms with Gasteiger partial charge in [0.25, 0.3) is 5.91 Å². The number of nitrogens with one attached hydrogen (secondary N) is 1. The van der Waals surface area contributed by atoms with E-state index in [1.165, 1.54) is 0 Å². The lowest BCUT2D eigenvalue weighted by atomic mass is 10.00. The van der Waals surface area contributed by atoms with E-state index in [9.17, 15) is 4.79 Å². The summed E-state index contributed by atoms with van der Waals surface area (Å²) in [7, 11) is 0. The second-order valence-corrected chi connectivity index (χ2v) is 6.48. The van der Waals surface area contributed by atoms with Gasteiger partial charge in [-0.15, -0.1) is 0 Å². The summed E-state index contributed by atoms with van der Waals surface area (Å²) in [6.45, 7) is 6.15. The lowest BCUT2D eigenvalue weighted by molar-refractivity contribution is 0.0939. The maximum Gasteiger partial charge on any atom is 0.252 e. The zero-order chi connectivity index (χ0) is 17.8. The Labute approximate surface area is 149 Å². The third kappa shape index (κ3) is 3.71. The van der Waals surface area contributed by atoms with Crippen LogP contribution in [0.25, 0.3) is 10.9 Å². The highest BCUT2D eigenvalue weighted by atomic mass is 16.1. The Morgan fingerprint density at radius 1 is 1.12 bits per heavy atom. The van der Waals surface area contributed by atoms with Crippen molar-refractivity contribution in [2.75, 3.05) is 0 Å². The van der Waals surface area contributed by atoms with Crippen molar-refractivity contribution in [3.63, 3.8) is 0 Å². The predicted octanol–water partition coefficient (Wildman–Crippen LogP) is 4.99. The molecule has 2 aromatic carbocycles. The van der Waals surface area contributed by atoms with Crippen LogP contribution < -0.4 is 5.32 Å². The number of fused-ring (bicyclic) bond motifs is 1. The molecule has 0 saturated carbocycles. The van der Waals surface area contributed by atoms with Crippen LogP contribution in [0, 0.1) is 6.92 Å². The minimum atomic E-state index is -0.0874. The molecule has 0 aliphatic rings. The number of rotatable bonds is 5. The first-order valence-corrected chi connectivity index (χ1v) is 8.85. The molecule has 1 aromatic heterocycles. The van der Waals surface area contributed by atoms with Crippen molar-refractivity contribution in [2.45, 2.75) is 39.7 Å². The molecule has 3 aromatic rings. The normalized spacial score (nSPS) is 12.1. The fourth-order valence-electron chi connectivity index (χ4n) is 3.18. The monoisotopic (exact) mass is 332 g/mol. The molecule has 1 atom stereocenters. The van der Waals surface area contributed by atoms with Gasteiger partial charge in [-0.3, -0.25) is 9.78 Å². The van der Waals surface area contributed by atoms with Crippen LogP contribution in [0.15, 0.2) is 54.6 Å². The van der Waals surface area contributed by atoms with Crippen LogP contribution in [-0.4, -0.2) is 10.9 Å². The van der Waals surface area contributed by atoms with E-state index in [0.29, 0.717) is 0 Å². The summed E-state index contributed by atoms with van der Waals surface area (Å²) in [6.07, 6.45) is 1.99. The van der Waals surface area contributed by atoms with Crippen LogP contribution in [0.1, 0.15) is 53.5 Å². The van der Waals surface area contributed by atoms with Gasteiger partial charge in [-0.2, -0.15) is 0 Å². The minimum absolute atomic E-state index is 0.0384. The van der Waals surface area contributed by atoms with Gasteiger partial charge in [0.2, 0.25) is 0 Å². The summed E-state index contributed by atoms with van der Waals surface area (Å²) in [4.78, 5) is 17.4. The van der Waals surface area contributed by atoms with Crippen LogP contribution in [0.2, 0.25) is 0 Å². The molecule has 0 aliphatic carbocycles. The Morgan fingerprint density at radius 3 is 2.60 bits per heavy atom. The van der Waals surface area contributed by atoms with E-state index >= 15 is 0 Å². The number of amides is 1. The van der Waals surface area contributed by atoms with Crippen molar-refractivity contribution in [1.82, 2.24) is 10.3 Å². The van der Waals surface area contributed by atoms with E-state index in [-0.39, 0.29) is 11.9 Å². The lowest BCUT2D eigenvalue weighted by Gasteiger charge is -2.18. The van der Waals surface area contributed by atoms with Gasteiger partial charge in [0.05, 0.1) is 11.6 Å². The zero-order valence-electron chi connectivity index (χ0n) is 15.0. The third-order valence-corrected chi connectivity index (χ3v) is 4.51. The predicted molar refractivity (Wildman–Crippen MR) is 103 cm³/mol. The second-order valence-electron chi connectivity index (χ2n) is 6.48. The van der Waals surface area contributed by atoms with Crippen molar-refractivity contribution in [3.05, 3.63) is 77.0 Å². The van der Waals surface area contributed by atoms with Gasteiger partial charge in [-0.25, -0.2) is 0 Å². The zero-order valence-corrected chi connectivity index (χ0v) is 15.0. The third-order valence-electron chi connectivity index (χ3n) is 4.51. The average Bonchev–Trinajstić information content (AvgIpc) is 2.61.